The lowest BCUT2D eigenvalue weighted by Crippen LogP contribution is -2.37. The third-order valence-corrected chi connectivity index (χ3v) is 5.09. The minimum absolute atomic E-state index is 0.0462. The van der Waals surface area contributed by atoms with Crippen molar-refractivity contribution in [2.75, 3.05) is 23.7 Å². The van der Waals surface area contributed by atoms with Gasteiger partial charge in [0.2, 0.25) is 11.6 Å². The summed E-state index contributed by atoms with van der Waals surface area (Å²) in [6.07, 6.45) is 5.17. The van der Waals surface area contributed by atoms with Gasteiger partial charge in [0.05, 0.1) is 11.0 Å². The monoisotopic (exact) mass is 350 g/mol. The molecule has 4 heterocycles. The first-order chi connectivity index (χ1) is 12.7. The van der Waals surface area contributed by atoms with Gasteiger partial charge in [0.15, 0.2) is 5.82 Å². The molecule has 0 saturated carbocycles. The molecule has 1 aliphatic heterocycles. The van der Waals surface area contributed by atoms with Gasteiger partial charge in [-0.3, -0.25) is 8.97 Å². The van der Waals surface area contributed by atoms with Gasteiger partial charge in [-0.25, -0.2) is 9.78 Å². The minimum atomic E-state index is -0.0462. The van der Waals surface area contributed by atoms with E-state index in [0.29, 0.717) is 11.6 Å². The van der Waals surface area contributed by atoms with E-state index in [4.69, 9.17) is 5.73 Å². The summed E-state index contributed by atoms with van der Waals surface area (Å²) in [6.45, 7) is 1.58. The number of aromatic nitrogens is 6. The van der Waals surface area contributed by atoms with E-state index in [1.54, 1.807) is 16.8 Å². The zero-order valence-corrected chi connectivity index (χ0v) is 14.0. The van der Waals surface area contributed by atoms with Gasteiger partial charge in [-0.15, -0.1) is 10.2 Å². The molecule has 5 rings (SSSR count). The Kier molecular flexibility index (Phi) is 3.21. The first-order valence-electron chi connectivity index (χ1n) is 8.62. The number of benzene rings is 1. The van der Waals surface area contributed by atoms with Gasteiger partial charge < -0.3 is 15.6 Å². The second-order valence-electron chi connectivity index (χ2n) is 6.54. The molecular formula is C17H18N8O. The molecule has 0 amide bonds. The molecule has 1 aromatic carbocycles. The van der Waals surface area contributed by atoms with Gasteiger partial charge >= 0.3 is 5.69 Å². The van der Waals surface area contributed by atoms with E-state index in [1.807, 2.05) is 28.8 Å². The fourth-order valence-corrected chi connectivity index (χ4v) is 3.83. The molecule has 3 N–H and O–H groups in total. The van der Waals surface area contributed by atoms with Crippen molar-refractivity contribution in [1.29, 1.82) is 0 Å². The van der Waals surface area contributed by atoms with E-state index in [9.17, 15) is 4.79 Å². The van der Waals surface area contributed by atoms with Crippen molar-refractivity contribution in [1.82, 2.24) is 29.1 Å². The molecule has 1 aliphatic rings. The van der Waals surface area contributed by atoms with Crippen LogP contribution in [0.25, 0.3) is 16.7 Å². The number of nitrogens with zero attached hydrogens (tertiary/aromatic N) is 6. The molecule has 26 heavy (non-hydrogen) atoms. The van der Waals surface area contributed by atoms with E-state index in [-0.39, 0.29) is 11.7 Å². The van der Waals surface area contributed by atoms with Crippen molar-refractivity contribution in [2.45, 2.75) is 18.9 Å². The third-order valence-electron chi connectivity index (χ3n) is 5.09. The van der Waals surface area contributed by atoms with Gasteiger partial charge in [0, 0.05) is 31.5 Å². The Morgan fingerprint density at radius 1 is 1.15 bits per heavy atom. The number of para-hydroxylation sites is 2. The van der Waals surface area contributed by atoms with E-state index in [1.165, 1.54) is 0 Å². The van der Waals surface area contributed by atoms with Crippen molar-refractivity contribution >= 4 is 28.4 Å². The molecule has 132 valence electrons. The Hall–Kier alpha value is -3.36. The molecule has 0 bridgehead atoms. The molecule has 0 atom stereocenters. The number of fused-ring (bicyclic) bond motifs is 2. The van der Waals surface area contributed by atoms with Gasteiger partial charge in [0.25, 0.3) is 0 Å². The van der Waals surface area contributed by atoms with Crippen LogP contribution in [-0.2, 0) is 0 Å². The first kappa shape index (κ1) is 14.9. The summed E-state index contributed by atoms with van der Waals surface area (Å²) in [5.74, 6) is 1.13. The Morgan fingerprint density at radius 3 is 2.81 bits per heavy atom. The van der Waals surface area contributed by atoms with Crippen LogP contribution in [0.1, 0.15) is 18.9 Å². The molecule has 4 aromatic rings. The maximum atomic E-state index is 12.4. The zero-order chi connectivity index (χ0) is 17.7. The zero-order valence-electron chi connectivity index (χ0n) is 14.0. The molecule has 1 saturated heterocycles. The highest BCUT2D eigenvalue weighted by Gasteiger charge is 2.25. The minimum Gasteiger partial charge on any atom is -0.368 e. The normalized spacial score (nSPS) is 15.9. The quantitative estimate of drug-likeness (QED) is 0.562. The number of anilines is 2. The summed E-state index contributed by atoms with van der Waals surface area (Å²) in [4.78, 5) is 22.0. The number of hydrogen-bond acceptors (Lipinski definition) is 6. The average molecular weight is 350 g/mol. The average Bonchev–Trinajstić information content (AvgIpc) is 3.21. The van der Waals surface area contributed by atoms with Crippen molar-refractivity contribution in [3.05, 3.63) is 47.1 Å². The van der Waals surface area contributed by atoms with E-state index >= 15 is 0 Å². The number of piperidine rings is 1. The van der Waals surface area contributed by atoms with Crippen LogP contribution < -0.4 is 16.3 Å². The maximum Gasteiger partial charge on any atom is 0.326 e. The Labute approximate surface area is 148 Å². The number of hydrogen-bond donors (Lipinski definition) is 2. The SMILES string of the molecule is Nc1nnc2c(N3CCC(n4c(=O)[nH]c5ccccc54)CC3)nccn12. The van der Waals surface area contributed by atoms with Crippen molar-refractivity contribution in [2.24, 2.45) is 0 Å². The topological polar surface area (TPSA) is 110 Å². The van der Waals surface area contributed by atoms with Crippen LogP contribution >= 0.6 is 0 Å². The van der Waals surface area contributed by atoms with Gasteiger partial charge in [0.1, 0.15) is 0 Å². The predicted molar refractivity (Wildman–Crippen MR) is 98.2 cm³/mol. The van der Waals surface area contributed by atoms with Crippen LogP contribution in [0.4, 0.5) is 11.8 Å². The van der Waals surface area contributed by atoms with Crippen LogP contribution in [-0.4, -0.2) is 42.2 Å². The summed E-state index contributed by atoms with van der Waals surface area (Å²) < 4.78 is 3.62. The van der Waals surface area contributed by atoms with Gasteiger partial charge in [-0.1, -0.05) is 12.1 Å². The van der Waals surface area contributed by atoms with Crippen LogP contribution in [0, 0.1) is 0 Å². The van der Waals surface area contributed by atoms with Gasteiger partial charge in [-0.05, 0) is 25.0 Å². The van der Waals surface area contributed by atoms with E-state index < -0.39 is 0 Å². The third kappa shape index (κ3) is 2.17. The molecule has 0 unspecified atom stereocenters. The number of nitrogens with two attached hydrogens (primary N) is 1. The van der Waals surface area contributed by atoms with Crippen molar-refractivity contribution < 1.29 is 0 Å². The highest BCUT2D eigenvalue weighted by Crippen LogP contribution is 2.28. The van der Waals surface area contributed by atoms with Crippen molar-refractivity contribution in [3.8, 4) is 0 Å². The van der Waals surface area contributed by atoms with Crippen molar-refractivity contribution in [3.63, 3.8) is 0 Å². The fraction of sp³-hybridized carbons (Fsp3) is 0.294. The number of aromatic amines is 1. The molecule has 0 aliphatic carbocycles. The van der Waals surface area contributed by atoms with Gasteiger partial charge in [-0.2, -0.15) is 0 Å². The molecule has 0 radical (unpaired) electrons. The second-order valence-corrected chi connectivity index (χ2v) is 6.54. The maximum absolute atomic E-state index is 12.4. The molecular weight excluding hydrogens is 332 g/mol. The number of nitrogen functional groups attached to an aromatic ring is 1. The number of rotatable bonds is 2. The van der Waals surface area contributed by atoms with Crippen LogP contribution in [0.2, 0.25) is 0 Å². The molecule has 9 heteroatoms. The van der Waals surface area contributed by atoms with E-state index in [2.05, 4.69) is 25.1 Å². The highest BCUT2D eigenvalue weighted by molar-refractivity contribution is 5.75. The molecule has 0 spiro atoms. The summed E-state index contributed by atoms with van der Waals surface area (Å²) >= 11 is 0. The molecule has 9 nitrogen and oxygen atoms in total. The lowest BCUT2D eigenvalue weighted by atomic mass is 10.0. The fourth-order valence-electron chi connectivity index (χ4n) is 3.83. The summed E-state index contributed by atoms with van der Waals surface area (Å²) in [5.41, 5.74) is 8.29. The first-order valence-corrected chi connectivity index (χ1v) is 8.62. The summed E-state index contributed by atoms with van der Waals surface area (Å²) in [7, 11) is 0. The number of imidazole rings is 1. The lowest BCUT2D eigenvalue weighted by molar-refractivity contribution is 0.395. The number of nitrogens with one attached hydrogen (secondary N) is 1. The Balaban J connectivity index is 1.44. The predicted octanol–water partition coefficient (Wildman–Crippen LogP) is 1.19. The smallest absolute Gasteiger partial charge is 0.326 e. The van der Waals surface area contributed by atoms with Crippen LogP contribution in [0.3, 0.4) is 0 Å². The highest BCUT2D eigenvalue weighted by atomic mass is 16.1. The molecule has 3 aromatic heterocycles. The summed E-state index contributed by atoms with van der Waals surface area (Å²) in [5, 5.41) is 8.07. The largest absolute Gasteiger partial charge is 0.368 e. The second kappa shape index (κ2) is 5.58. The standard InChI is InChI=1S/C17H18N8O/c18-16-22-21-15-14(19-7-10-24(15)16)23-8-5-11(6-9-23)25-13-4-2-1-3-12(13)20-17(25)26/h1-4,7,10-11H,5-6,8-9H2,(H2,18,22)(H,20,26). The number of H-pyrrole nitrogens is 1. The van der Waals surface area contributed by atoms with E-state index in [0.717, 1.165) is 42.8 Å². The summed E-state index contributed by atoms with van der Waals surface area (Å²) in [6, 6.07) is 7.98. The van der Waals surface area contributed by atoms with Crippen LogP contribution in [0.5, 0.6) is 0 Å². The Morgan fingerprint density at radius 2 is 1.96 bits per heavy atom. The lowest BCUT2D eigenvalue weighted by Gasteiger charge is -2.33. The Bertz CT molecular complexity index is 1150. The molecule has 1 fully saturated rings. The van der Waals surface area contributed by atoms with Crippen LogP contribution in [0.15, 0.2) is 41.5 Å².